The minimum Gasteiger partial charge on any atom is -0.364 e. The predicted octanol–water partition coefficient (Wildman–Crippen LogP) is 1.27. The number of carbonyl (C=O) groups excluding carboxylic acids is 1. The van der Waals surface area contributed by atoms with E-state index in [4.69, 9.17) is 5.73 Å². The highest BCUT2D eigenvalue weighted by Gasteiger charge is 2.14. The Bertz CT molecular complexity index is 1030. The summed E-state index contributed by atoms with van der Waals surface area (Å²) in [5.74, 6) is -0.602. The molecule has 0 saturated carbocycles. The molecule has 0 saturated heterocycles. The Morgan fingerprint density at radius 2 is 1.88 bits per heavy atom. The van der Waals surface area contributed by atoms with Crippen molar-refractivity contribution in [3.63, 3.8) is 0 Å². The normalized spacial score (nSPS) is 11.4. The van der Waals surface area contributed by atoms with E-state index < -0.39 is 15.9 Å². The predicted molar refractivity (Wildman–Crippen MR) is 93.3 cm³/mol. The summed E-state index contributed by atoms with van der Waals surface area (Å²) in [6.45, 7) is 0. The molecule has 0 spiro atoms. The van der Waals surface area contributed by atoms with Gasteiger partial charge in [0, 0.05) is 10.9 Å². The van der Waals surface area contributed by atoms with Gasteiger partial charge in [-0.1, -0.05) is 12.1 Å². The molecule has 128 valence electrons. The molecule has 0 atom stereocenters. The highest BCUT2D eigenvalue weighted by molar-refractivity contribution is 7.89. The molecule has 1 amide bonds. The fourth-order valence-electron chi connectivity index (χ4n) is 2.05. The van der Waals surface area contributed by atoms with E-state index in [0.717, 1.165) is 0 Å². The summed E-state index contributed by atoms with van der Waals surface area (Å²) in [4.78, 5) is 15.3. The number of hydrogen-bond acceptors (Lipinski definition) is 7. The number of carbonyl (C=O) groups is 1. The van der Waals surface area contributed by atoms with E-state index >= 15 is 0 Å². The maximum absolute atomic E-state index is 11.9. The van der Waals surface area contributed by atoms with Crippen LogP contribution in [-0.2, 0) is 10.0 Å². The number of nitrogens with two attached hydrogens (primary N) is 1. The van der Waals surface area contributed by atoms with E-state index in [1.807, 2.05) is 0 Å². The third kappa shape index (κ3) is 3.55. The van der Waals surface area contributed by atoms with E-state index in [9.17, 15) is 13.2 Å². The second-order valence-corrected chi connectivity index (χ2v) is 7.69. The number of amides is 1. The number of nitrogens with one attached hydrogen (secondary N) is 1. The van der Waals surface area contributed by atoms with E-state index in [0.29, 0.717) is 22.0 Å². The highest BCUT2D eigenvalue weighted by Crippen LogP contribution is 2.24. The lowest BCUT2D eigenvalue weighted by molar-refractivity contribution is 0.0996. The van der Waals surface area contributed by atoms with Gasteiger partial charge in [-0.3, -0.25) is 4.79 Å². The van der Waals surface area contributed by atoms with Crippen LogP contribution in [0.4, 0.5) is 0 Å². The average Bonchev–Trinajstić information content (AvgIpc) is 3.12. The Morgan fingerprint density at radius 1 is 1.16 bits per heavy atom. The lowest BCUT2D eigenvalue weighted by Gasteiger charge is -2.05. The van der Waals surface area contributed by atoms with Crippen LogP contribution < -0.4 is 10.5 Å². The third-order valence-electron chi connectivity index (χ3n) is 3.35. The van der Waals surface area contributed by atoms with Gasteiger partial charge >= 0.3 is 0 Å². The molecule has 0 bridgehead atoms. The third-order valence-corrected chi connectivity index (χ3v) is 5.63. The minimum atomic E-state index is -3.54. The van der Waals surface area contributed by atoms with E-state index in [-0.39, 0.29) is 10.6 Å². The second kappa shape index (κ2) is 6.67. The SMILES string of the molecule is CNS(=O)(=O)c1cccc(-c2ccc(-c3nc(C(N)=O)cs3)nn2)c1. The summed E-state index contributed by atoms with van der Waals surface area (Å²) in [6, 6.07) is 9.80. The smallest absolute Gasteiger partial charge is 0.268 e. The van der Waals surface area contributed by atoms with Gasteiger partial charge in [-0.05, 0) is 31.3 Å². The zero-order valence-corrected chi connectivity index (χ0v) is 14.6. The fraction of sp³-hybridized carbons (Fsp3) is 0.0667. The summed E-state index contributed by atoms with van der Waals surface area (Å²) in [7, 11) is -2.18. The zero-order valence-electron chi connectivity index (χ0n) is 13.0. The summed E-state index contributed by atoms with van der Waals surface area (Å²) in [5.41, 5.74) is 6.99. The molecule has 0 aliphatic rings. The number of sulfonamides is 1. The van der Waals surface area contributed by atoms with E-state index in [2.05, 4.69) is 19.9 Å². The number of thiazole rings is 1. The summed E-state index contributed by atoms with van der Waals surface area (Å²) < 4.78 is 26.0. The zero-order chi connectivity index (χ0) is 18.0. The first-order chi connectivity index (χ1) is 11.9. The summed E-state index contributed by atoms with van der Waals surface area (Å²) >= 11 is 1.24. The first-order valence-electron chi connectivity index (χ1n) is 7.04. The van der Waals surface area contributed by atoms with Crippen LogP contribution in [0.5, 0.6) is 0 Å². The second-order valence-electron chi connectivity index (χ2n) is 4.94. The molecule has 1 aromatic carbocycles. The molecule has 2 heterocycles. The van der Waals surface area contributed by atoms with Gasteiger partial charge in [0.2, 0.25) is 10.0 Å². The number of nitrogens with zero attached hydrogens (tertiary/aromatic N) is 3. The molecular weight excluding hydrogens is 362 g/mol. The van der Waals surface area contributed by atoms with Crippen molar-refractivity contribution in [2.75, 3.05) is 7.05 Å². The molecule has 8 nitrogen and oxygen atoms in total. The Labute approximate surface area is 147 Å². The monoisotopic (exact) mass is 375 g/mol. The topological polar surface area (TPSA) is 128 Å². The number of hydrogen-bond donors (Lipinski definition) is 2. The first kappa shape index (κ1) is 17.1. The van der Waals surface area contributed by atoms with Gasteiger partial charge in [0.25, 0.3) is 5.91 Å². The highest BCUT2D eigenvalue weighted by atomic mass is 32.2. The van der Waals surface area contributed by atoms with Crippen molar-refractivity contribution in [2.24, 2.45) is 5.73 Å². The molecule has 25 heavy (non-hydrogen) atoms. The van der Waals surface area contributed by atoms with Crippen LogP contribution in [0.3, 0.4) is 0 Å². The summed E-state index contributed by atoms with van der Waals surface area (Å²) in [5, 5.41) is 10.3. The Morgan fingerprint density at radius 3 is 2.48 bits per heavy atom. The Balaban J connectivity index is 1.92. The Kier molecular flexibility index (Phi) is 4.57. The van der Waals surface area contributed by atoms with Crippen LogP contribution in [-0.4, -0.2) is 36.6 Å². The number of benzene rings is 1. The van der Waals surface area contributed by atoms with Crippen LogP contribution in [0.2, 0.25) is 0 Å². The minimum absolute atomic E-state index is 0.143. The molecule has 3 aromatic rings. The van der Waals surface area contributed by atoms with Crippen molar-refractivity contribution in [3.05, 3.63) is 47.5 Å². The maximum Gasteiger partial charge on any atom is 0.268 e. The van der Waals surface area contributed by atoms with Crippen LogP contribution in [0.25, 0.3) is 22.0 Å². The summed E-state index contributed by atoms with van der Waals surface area (Å²) in [6.07, 6.45) is 0. The molecule has 3 N–H and O–H groups in total. The van der Waals surface area contributed by atoms with E-state index in [1.54, 1.807) is 29.6 Å². The molecule has 3 rings (SSSR count). The van der Waals surface area contributed by atoms with Gasteiger partial charge in [0.1, 0.15) is 16.4 Å². The van der Waals surface area contributed by atoms with Gasteiger partial charge in [0.05, 0.1) is 10.6 Å². The van der Waals surface area contributed by atoms with Crippen molar-refractivity contribution >= 4 is 27.3 Å². The van der Waals surface area contributed by atoms with Gasteiger partial charge in [0.15, 0.2) is 0 Å². The van der Waals surface area contributed by atoms with Crippen LogP contribution in [0.15, 0.2) is 46.7 Å². The van der Waals surface area contributed by atoms with Crippen LogP contribution in [0.1, 0.15) is 10.5 Å². The molecular formula is C15H13N5O3S2. The van der Waals surface area contributed by atoms with Crippen LogP contribution >= 0.6 is 11.3 Å². The van der Waals surface area contributed by atoms with Crippen molar-refractivity contribution < 1.29 is 13.2 Å². The first-order valence-corrected chi connectivity index (χ1v) is 9.40. The fourth-order valence-corrected chi connectivity index (χ4v) is 3.59. The molecule has 10 heteroatoms. The molecule has 0 radical (unpaired) electrons. The maximum atomic E-state index is 11.9. The lowest BCUT2D eigenvalue weighted by atomic mass is 10.1. The molecule has 2 aromatic heterocycles. The van der Waals surface area contributed by atoms with Crippen molar-refractivity contribution in [1.82, 2.24) is 19.9 Å². The largest absolute Gasteiger partial charge is 0.364 e. The quantitative estimate of drug-likeness (QED) is 0.691. The van der Waals surface area contributed by atoms with Gasteiger partial charge in [-0.2, -0.15) is 0 Å². The lowest BCUT2D eigenvalue weighted by Crippen LogP contribution is -2.18. The standard InChI is InChI=1S/C15H13N5O3S2/c1-17-25(22,23)10-4-2-3-9(7-10)11-5-6-12(20-19-11)15-18-13(8-24-15)14(16)21/h2-8,17H,1H3,(H2,16,21). The van der Waals surface area contributed by atoms with Gasteiger partial charge in [-0.25, -0.2) is 18.1 Å². The average molecular weight is 375 g/mol. The van der Waals surface area contributed by atoms with Gasteiger partial charge < -0.3 is 5.73 Å². The number of aromatic nitrogens is 3. The van der Waals surface area contributed by atoms with Crippen molar-refractivity contribution in [1.29, 1.82) is 0 Å². The molecule has 0 aliphatic heterocycles. The molecule has 0 aliphatic carbocycles. The number of primary amides is 1. The van der Waals surface area contributed by atoms with E-state index in [1.165, 1.54) is 30.5 Å². The van der Waals surface area contributed by atoms with Crippen molar-refractivity contribution in [2.45, 2.75) is 4.90 Å². The molecule has 0 fully saturated rings. The molecule has 0 unspecified atom stereocenters. The van der Waals surface area contributed by atoms with Crippen molar-refractivity contribution in [3.8, 4) is 22.0 Å². The van der Waals surface area contributed by atoms with Gasteiger partial charge in [-0.15, -0.1) is 21.5 Å². The van der Waals surface area contributed by atoms with Crippen LogP contribution in [0, 0.1) is 0 Å². The number of rotatable bonds is 5. The Hall–Kier alpha value is -2.69.